The molecule has 1 amide bonds. The van der Waals surface area contributed by atoms with Crippen molar-refractivity contribution in [3.05, 3.63) is 29.3 Å². The number of hydrogen-bond acceptors (Lipinski definition) is 7. The number of carbonyl (C=O) groups is 3. The van der Waals surface area contributed by atoms with Gasteiger partial charge in [-0.2, -0.15) is 0 Å². The minimum atomic E-state index is -0.622. The molecule has 130 valence electrons. The van der Waals surface area contributed by atoms with Gasteiger partial charge in [0, 0.05) is 12.2 Å². The molecular formula is C16H20N2O6. The molecule has 0 aromatic heterocycles. The number of esters is 2. The first kappa shape index (κ1) is 17.9. The number of amides is 1. The summed E-state index contributed by atoms with van der Waals surface area (Å²) < 4.78 is 14.8. The molecule has 0 spiro atoms. The van der Waals surface area contributed by atoms with Crippen molar-refractivity contribution in [3.63, 3.8) is 0 Å². The third-order valence-electron chi connectivity index (χ3n) is 3.64. The summed E-state index contributed by atoms with van der Waals surface area (Å²) in [4.78, 5) is 35.9. The van der Waals surface area contributed by atoms with E-state index in [-0.39, 0.29) is 23.1 Å². The number of methoxy groups -OCH3 is 2. The van der Waals surface area contributed by atoms with Gasteiger partial charge in [-0.25, -0.2) is 9.59 Å². The van der Waals surface area contributed by atoms with Crippen LogP contribution in [0.1, 0.15) is 27.6 Å². The van der Waals surface area contributed by atoms with Crippen LogP contribution in [0.5, 0.6) is 0 Å². The number of hydrogen-bond donors (Lipinski definition) is 2. The molecule has 0 bridgehead atoms. The first-order valence-electron chi connectivity index (χ1n) is 7.44. The highest BCUT2D eigenvalue weighted by Crippen LogP contribution is 2.18. The Labute approximate surface area is 139 Å². The molecule has 2 rings (SSSR count). The average molecular weight is 336 g/mol. The molecule has 1 aliphatic heterocycles. The average Bonchev–Trinajstić information content (AvgIpc) is 2.60. The van der Waals surface area contributed by atoms with Gasteiger partial charge in [0.05, 0.1) is 38.1 Å². The van der Waals surface area contributed by atoms with E-state index < -0.39 is 18.0 Å². The van der Waals surface area contributed by atoms with Crippen molar-refractivity contribution in [3.8, 4) is 0 Å². The molecule has 24 heavy (non-hydrogen) atoms. The zero-order chi connectivity index (χ0) is 17.7. The van der Waals surface area contributed by atoms with Gasteiger partial charge in [0.1, 0.15) is 6.04 Å². The summed E-state index contributed by atoms with van der Waals surface area (Å²) >= 11 is 0. The Kier molecular flexibility index (Phi) is 5.88. The van der Waals surface area contributed by atoms with E-state index in [1.165, 1.54) is 32.4 Å². The summed E-state index contributed by atoms with van der Waals surface area (Å²) in [5.41, 5.74) is 0.566. The van der Waals surface area contributed by atoms with Crippen molar-refractivity contribution >= 4 is 23.5 Å². The number of carbonyl (C=O) groups excluding carboxylic acids is 3. The molecule has 1 saturated heterocycles. The normalized spacial score (nSPS) is 20.1. The van der Waals surface area contributed by atoms with Crippen LogP contribution in [0.4, 0.5) is 5.69 Å². The SMILES string of the molecule is COC(=O)c1cc(NC(=O)[C@H]2NCCO[C@@H]2C)cc(C(=O)OC)c1. The predicted molar refractivity (Wildman–Crippen MR) is 85.0 cm³/mol. The Morgan fingerprint density at radius 3 is 2.21 bits per heavy atom. The maximum atomic E-state index is 12.4. The van der Waals surface area contributed by atoms with E-state index in [4.69, 9.17) is 4.74 Å². The molecule has 0 unspecified atom stereocenters. The van der Waals surface area contributed by atoms with Crippen LogP contribution in [0.3, 0.4) is 0 Å². The van der Waals surface area contributed by atoms with Crippen LogP contribution in [-0.2, 0) is 19.0 Å². The van der Waals surface area contributed by atoms with Crippen LogP contribution in [0.2, 0.25) is 0 Å². The molecule has 8 heteroatoms. The van der Waals surface area contributed by atoms with Gasteiger partial charge in [0.25, 0.3) is 0 Å². The van der Waals surface area contributed by atoms with Crippen molar-refractivity contribution in [1.29, 1.82) is 0 Å². The smallest absolute Gasteiger partial charge is 0.337 e. The van der Waals surface area contributed by atoms with Crippen molar-refractivity contribution in [2.24, 2.45) is 0 Å². The van der Waals surface area contributed by atoms with Gasteiger partial charge in [0.15, 0.2) is 0 Å². The van der Waals surface area contributed by atoms with Crippen LogP contribution in [0.15, 0.2) is 18.2 Å². The molecule has 0 aliphatic carbocycles. The number of benzene rings is 1. The Morgan fingerprint density at radius 2 is 1.71 bits per heavy atom. The van der Waals surface area contributed by atoms with Crippen molar-refractivity contribution in [1.82, 2.24) is 5.32 Å². The van der Waals surface area contributed by atoms with Crippen LogP contribution < -0.4 is 10.6 Å². The van der Waals surface area contributed by atoms with E-state index in [9.17, 15) is 14.4 Å². The lowest BCUT2D eigenvalue weighted by molar-refractivity contribution is -0.123. The van der Waals surface area contributed by atoms with Gasteiger partial charge in [-0.3, -0.25) is 4.79 Å². The Bertz CT molecular complexity index is 611. The largest absolute Gasteiger partial charge is 0.465 e. The van der Waals surface area contributed by atoms with Crippen LogP contribution >= 0.6 is 0 Å². The third kappa shape index (κ3) is 4.09. The highest BCUT2D eigenvalue weighted by Gasteiger charge is 2.28. The van der Waals surface area contributed by atoms with Gasteiger partial charge < -0.3 is 24.8 Å². The molecule has 8 nitrogen and oxygen atoms in total. The lowest BCUT2D eigenvalue weighted by Crippen LogP contribution is -2.53. The fourth-order valence-electron chi connectivity index (χ4n) is 2.42. The van der Waals surface area contributed by atoms with Gasteiger partial charge in [-0.05, 0) is 25.1 Å². The monoisotopic (exact) mass is 336 g/mol. The number of morpholine rings is 1. The van der Waals surface area contributed by atoms with Gasteiger partial charge in [0.2, 0.25) is 5.91 Å². The van der Waals surface area contributed by atoms with E-state index in [0.29, 0.717) is 18.8 Å². The van der Waals surface area contributed by atoms with Gasteiger partial charge >= 0.3 is 11.9 Å². The van der Waals surface area contributed by atoms with E-state index >= 15 is 0 Å². The van der Waals surface area contributed by atoms with E-state index in [0.717, 1.165) is 0 Å². The first-order chi connectivity index (χ1) is 11.5. The van der Waals surface area contributed by atoms with Crippen LogP contribution in [0.25, 0.3) is 0 Å². The second-order valence-corrected chi connectivity index (χ2v) is 5.28. The second-order valence-electron chi connectivity index (χ2n) is 5.28. The lowest BCUT2D eigenvalue weighted by Gasteiger charge is -2.29. The zero-order valence-electron chi connectivity index (χ0n) is 13.8. The topological polar surface area (TPSA) is 103 Å². The summed E-state index contributed by atoms with van der Waals surface area (Å²) in [6.45, 7) is 2.90. The van der Waals surface area contributed by atoms with Crippen molar-refractivity contribution in [2.75, 3.05) is 32.7 Å². The van der Waals surface area contributed by atoms with Crippen LogP contribution in [0, 0.1) is 0 Å². The number of nitrogens with one attached hydrogen (secondary N) is 2. The summed E-state index contributed by atoms with van der Waals surface area (Å²) in [5, 5.41) is 5.75. The molecule has 1 heterocycles. The number of rotatable bonds is 4. The molecule has 2 atom stereocenters. The molecule has 1 aromatic rings. The summed E-state index contributed by atoms with van der Waals surface area (Å²) in [6.07, 6.45) is -0.289. The Morgan fingerprint density at radius 1 is 1.12 bits per heavy atom. The van der Waals surface area contributed by atoms with Gasteiger partial charge in [-0.15, -0.1) is 0 Å². The standard InChI is InChI=1S/C16H20N2O6/c1-9-13(17-4-5-24-9)14(19)18-12-7-10(15(20)22-2)6-11(8-12)16(21)23-3/h6-9,13,17H,4-5H2,1-3H3,(H,18,19)/t9-,13+/m1/s1. The highest BCUT2D eigenvalue weighted by molar-refractivity contribution is 6.00. The molecular weight excluding hydrogens is 316 g/mol. The molecule has 0 saturated carbocycles. The predicted octanol–water partition coefficient (Wildman–Crippen LogP) is 0.575. The number of ether oxygens (including phenoxy) is 3. The van der Waals surface area contributed by atoms with E-state index in [1.807, 2.05) is 0 Å². The molecule has 1 aliphatic rings. The maximum absolute atomic E-state index is 12.4. The lowest BCUT2D eigenvalue weighted by atomic mass is 10.1. The van der Waals surface area contributed by atoms with E-state index in [1.54, 1.807) is 6.92 Å². The Balaban J connectivity index is 2.26. The third-order valence-corrected chi connectivity index (χ3v) is 3.64. The fraction of sp³-hybridized carbons (Fsp3) is 0.438. The molecule has 1 aromatic carbocycles. The highest BCUT2D eigenvalue weighted by atomic mass is 16.5. The number of anilines is 1. The molecule has 1 fully saturated rings. The quantitative estimate of drug-likeness (QED) is 0.775. The molecule has 0 radical (unpaired) electrons. The summed E-state index contributed by atoms with van der Waals surface area (Å²) in [7, 11) is 2.47. The fourth-order valence-corrected chi connectivity index (χ4v) is 2.42. The molecule has 2 N–H and O–H groups in total. The Hall–Kier alpha value is -2.45. The summed E-state index contributed by atoms with van der Waals surface area (Å²) in [5.74, 6) is -1.56. The first-order valence-corrected chi connectivity index (χ1v) is 7.44. The minimum Gasteiger partial charge on any atom is -0.465 e. The van der Waals surface area contributed by atoms with Crippen molar-refractivity contribution < 1.29 is 28.6 Å². The van der Waals surface area contributed by atoms with Gasteiger partial charge in [-0.1, -0.05) is 0 Å². The second kappa shape index (κ2) is 7.89. The van der Waals surface area contributed by atoms with Crippen LogP contribution in [-0.4, -0.2) is 57.4 Å². The maximum Gasteiger partial charge on any atom is 0.337 e. The van der Waals surface area contributed by atoms with Crippen molar-refractivity contribution in [2.45, 2.75) is 19.1 Å². The summed E-state index contributed by atoms with van der Waals surface area (Å²) in [6, 6.07) is 3.69. The van der Waals surface area contributed by atoms with E-state index in [2.05, 4.69) is 20.1 Å². The zero-order valence-corrected chi connectivity index (χ0v) is 13.8. The minimum absolute atomic E-state index is 0.136.